The molecule has 0 bridgehead atoms. The third kappa shape index (κ3) is 1.78. The molecule has 0 saturated heterocycles. The molecule has 1 aromatic rings. The molecule has 0 heterocycles. The van der Waals surface area contributed by atoms with Crippen LogP contribution >= 0.6 is 0 Å². The molecule has 110 valence electrons. The molecule has 1 heteroatoms. The van der Waals surface area contributed by atoms with Gasteiger partial charge in [-0.05, 0) is 85.0 Å². The Labute approximate surface area is 127 Å². The molecule has 0 amide bonds. The standard InChI is InChI=1S/C20H24O/c1-3-14-5-9-19-18-7-4-13-12-15(21)6-8-16(13)17(18)10-11-20(14,19)2/h1,6,8,12,14,17-19,21H,4-5,7,9-11H2,2H3/t14?,17?,18?,19?,20-/m1/s1. The number of terminal acetylenes is 1. The van der Waals surface area contributed by atoms with Gasteiger partial charge >= 0.3 is 0 Å². The fourth-order valence-corrected chi connectivity index (χ4v) is 5.84. The maximum Gasteiger partial charge on any atom is 0.115 e. The van der Waals surface area contributed by atoms with Crippen LogP contribution in [-0.4, -0.2) is 5.11 Å². The fraction of sp³-hybridized carbons (Fsp3) is 0.600. The van der Waals surface area contributed by atoms with Crippen LogP contribution in [0.15, 0.2) is 18.2 Å². The molecule has 1 aromatic carbocycles. The number of fused-ring (bicyclic) bond motifs is 5. The Morgan fingerprint density at radius 1 is 1.24 bits per heavy atom. The minimum Gasteiger partial charge on any atom is -0.508 e. The molecule has 3 aliphatic rings. The number of phenolic OH excluding ortho intramolecular Hbond substituents is 1. The van der Waals surface area contributed by atoms with E-state index < -0.39 is 0 Å². The summed E-state index contributed by atoms with van der Waals surface area (Å²) in [6.07, 6.45) is 13.3. The van der Waals surface area contributed by atoms with Gasteiger partial charge in [0.25, 0.3) is 0 Å². The van der Waals surface area contributed by atoms with E-state index in [2.05, 4.69) is 18.9 Å². The van der Waals surface area contributed by atoms with Gasteiger partial charge in [-0.3, -0.25) is 0 Å². The van der Waals surface area contributed by atoms with Gasteiger partial charge in [0.15, 0.2) is 0 Å². The highest BCUT2D eigenvalue weighted by Crippen LogP contribution is 2.62. The molecule has 21 heavy (non-hydrogen) atoms. The zero-order chi connectivity index (χ0) is 14.6. The molecule has 0 aromatic heterocycles. The lowest BCUT2D eigenvalue weighted by atomic mass is 9.54. The topological polar surface area (TPSA) is 20.2 Å². The third-order valence-electron chi connectivity index (χ3n) is 6.91. The Morgan fingerprint density at radius 2 is 2.10 bits per heavy atom. The van der Waals surface area contributed by atoms with Crippen molar-refractivity contribution in [3.63, 3.8) is 0 Å². The first kappa shape index (κ1) is 13.3. The van der Waals surface area contributed by atoms with Crippen molar-refractivity contribution in [1.82, 2.24) is 0 Å². The lowest BCUT2D eigenvalue weighted by molar-refractivity contribution is 0.0432. The Bertz CT molecular complexity index is 611. The van der Waals surface area contributed by atoms with Crippen LogP contribution in [0.1, 0.15) is 56.1 Å². The van der Waals surface area contributed by atoms with Crippen molar-refractivity contribution in [1.29, 1.82) is 0 Å². The van der Waals surface area contributed by atoms with Gasteiger partial charge < -0.3 is 5.11 Å². The van der Waals surface area contributed by atoms with Gasteiger partial charge in [0, 0.05) is 5.92 Å². The minimum atomic E-state index is 0.379. The largest absolute Gasteiger partial charge is 0.508 e. The van der Waals surface area contributed by atoms with Gasteiger partial charge in [0.05, 0.1) is 0 Å². The predicted molar refractivity (Wildman–Crippen MR) is 85.0 cm³/mol. The first-order valence-corrected chi connectivity index (χ1v) is 8.41. The van der Waals surface area contributed by atoms with E-state index in [1.165, 1.54) is 43.2 Å². The van der Waals surface area contributed by atoms with Gasteiger partial charge in [-0.1, -0.05) is 13.0 Å². The number of aryl methyl sites for hydroxylation is 1. The first-order valence-electron chi connectivity index (χ1n) is 8.41. The molecule has 1 nitrogen and oxygen atoms in total. The summed E-state index contributed by atoms with van der Waals surface area (Å²) in [5, 5.41) is 9.72. The Hall–Kier alpha value is -1.42. The molecule has 2 saturated carbocycles. The summed E-state index contributed by atoms with van der Waals surface area (Å²) in [6.45, 7) is 2.46. The number of hydrogen-bond acceptors (Lipinski definition) is 1. The van der Waals surface area contributed by atoms with Crippen molar-refractivity contribution >= 4 is 0 Å². The maximum absolute atomic E-state index is 9.72. The number of benzene rings is 1. The summed E-state index contributed by atoms with van der Waals surface area (Å²) in [4.78, 5) is 0. The molecule has 0 spiro atoms. The van der Waals surface area contributed by atoms with Crippen molar-refractivity contribution < 1.29 is 5.11 Å². The van der Waals surface area contributed by atoms with E-state index in [9.17, 15) is 5.11 Å². The highest BCUT2D eigenvalue weighted by molar-refractivity contribution is 5.40. The van der Waals surface area contributed by atoms with Crippen LogP contribution in [0.3, 0.4) is 0 Å². The van der Waals surface area contributed by atoms with Gasteiger partial charge in [-0.2, -0.15) is 0 Å². The normalized spacial score (nSPS) is 40.8. The van der Waals surface area contributed by atoms with Crippen molar-refractivity contribution in [2.75, 3.05) is 0 Å². The monoisotopic (exact) mass is 280 g/mol. The predicted octanol–water partition coefficient (Wildman–Crippen LogP) is 4.50. The Morgan fingerprint density at radius 3 is 2.90 bits per heavy atom. The lowest BCUT2D eigenvalue weighted by Gasteiger charge is -2.50. The Kier molecular flexibility index (Phi) is 2.86. The lowest BCUT2D eigenvalue weighted by Crippen LogP contribution is -2.42. The fourth-order valence-electron chi connectivity index (χ4n) is 5.84. The highest BCUT2D eigenvalue weighted by Gasteiger charge is 2.54. The second-order valence-corrected chi connectivity index (χ2v) is 7.64. The van der Waals surface area contributed by atoms with E-state index in [1.54, 1.807) is 0 Å². The van der Waals surface area contributed by atoms with Crippen LogP contribution in [0.2, 0.25) is 0 Å². The van der Waals surface area contributed by atoms with E-state index in [4.69, 9.17) is 6.42 Å². The molecule has 0 aliphatic heterocycles. The summed E-state index contributed by atoms with van der Waals surface area (Å²) in [5.41, 5.74) is 3.27. The van der Waals surface area contributed by atoms with Crippen LogP contribution in [0, 0.1) is 35.5 Å². The van der Waals surface area contributed by atoms with Crippen LogP contribution in [0.4, 0.5) is 0 Å². The molecular formula is C20H24O. The number of hydrogen-bond donors (Lipinski definition) is 1. The van der Waals surface area contributed by atoms with E-state index in [0.29, 0.717) is 23.0 Å². The first-order chi connectivity index (χ1) is 10.1. The zero-order valence-electron chi connectivity index (χ0n) is 12.8. The minimum absolute atomic E-state index is 0.379. The van der Waals surface area contributed by atoms with Crippen LogP contribution < -0.4 is 0 Å². The average Bonchev–Trinajstić information content (AvgIpc) is 2.83. The van der Waals surface area contributed by atoms with E-state index in [-0.39, 0.29) is 0 Å². The molecule has 0 radical (unpaired) electrons. The number of phenols is 1. The smallest absolute Gasteiger partial charge is 0.115 e. The van der Waals surface area contributed by atoms with Crippen molar-refractivity contribution in [3.8, 4) is 18.1 Å². The van der Waals surface area contributed by atoms with Crippen molar-refractivity contribution in [2.24, 2.45) is 23.2 Å². The van der Waals surface area contributed by atoms with Gasteiger partial charge in [0.2, 0.25) is 0 Å². The van der Waals surface area contributed by atoms with Crippen molar-refractivity contribution in [2.45, 2.75) is 51.4 Å². The summed E-state index contributed by atoms with van der Waals surface area (Å²) in [6, 6.07) is 6.03. The van der Waals surface area contributed by atoms with Crippen LogP contribution in [0.25, 0.3) is 0 Å². The molecule has 5 atom stereocenters. The highest BCUT2D eigenvalue weighted by atomic mass is 16.3. The maximum atomic E-state index is 9.72. The van der Waals surface area contributed by atoms with E-state index >= 15 is 0 Å². The molecule has 3 aliphatic carbocycles. The molecule has 4 unspecified atom stereocenters. The average molecular weight is 280 g/mol. The second kappa shape index (κ2) is 4.54. The number of rotatable bonds is 0. The van der Waals surface area contributed by atoms with Crippen LogP contribution in [0.5, 0.6) is 5.75 Å². The third-order valence-corrected chi connectivity index (χ3v) is 6.91. The van der Waals surface area contributed by atoms with E-state index in [0.717, 1.165) is 18.3 Å². The van der Waals surface area contributed by atoms with Gasteiger partial charge in [0.1, 0.15) is 5.75 Å². The van der Waals surface area contributed by atoms with Gasteiger partial charge in [-0.15, -0.1) is 12.3 Å². The number of aromatic hydroxyl groups is 1. The second-order valence-electron chi connectivity index (χ2n) is 7.64. The summed E-state index contributed by atoms with van der Waals surface area (Å²) < 4.78 is 0. The van der Waals surface area contributed by atoms with E-state index in [1.807, 2.05) is 12.1 Å². The van der Waals surface area contributed by atoms with Crippen LogP contribution in [-0.2, 0) is 6.42 Å². The zero-order valence-corrected chi connectivity index (χ0v) is 12.8. The molecule has 4 rings (SSSR count). The van der Waals surface area contributed by atoms with Crippen molar-refractivity contribution in [3.05, 3.63) is 29.3 Å². The quantitative estimate of drug-likeness (QED) is 0.694. The summed E-state index contributed by atoms with van der Waals surface area (Å²) in [5.74, 6) is 6.31. The SMILES string of the molecule is C#CC1CCC2C3CCc4cc(O)ccc4C3CC[C@]12C. The molecule has 2 fully saturated rings. The van der Waals surface area contributed by atoms with Gasteiger partial charge in [-0.25, -0.2) is 0 Å². The Balaban J connectivity index is 1.70. The summed E-state index contributed by atoms with van der Waals surface area (Å²) in [7, 11) is 0. The molecular weight excluding hydrogens is 256 g/mol. The summed E-state index contributed by atoms with van der Waals surface area (Å²) >= 11 is 0. The molecule has 1 N–H and O–H groups in total.